The fourth-order valence-corrected chi connectivity index (χ4v) is 1.53. The van der Waals surface area contributed by atoms with Crippen molar-refractivity contribution in [2.75, 3.05) is 0 Å². The summed E-state index contributed by atoms with van der Waals surface area (Å²) in [6.45, 7) is 1.85. The summed E-state index contributed by atoms with van der Waals surface area (Å²) < 4.78 is 1.09. The van der Waals surface area contributed by atoms with Gasteiger partial charge in [0.25, 0.3) is 0 Å². The van der Waals surface area contributed by atoms with E-state index < -0.39 is 0 Å². The Morgan fingerprint density at radius 1 is 1.75 bits per heavy atom. The highest BCUT2D eigenvalue weighted by molar-refractivity contribution is 14.1. The SMILES string of the molecule is CC=NC1=C(I)CC=CNC1=N. The lowest BCUT2D eigenvalue weighted by Gasteiger charge is -2.02. The largest absolute Gasteiger partial charge is 0.346 e. The molecule has 0 aromatic rings. The third-order valence-electron chi connectivity index (χ3n) is 1.39. The highest BCUT2D eigenvalue weighted by Gasteiger charge is 2.08. The summed E-state index contributed by atoms with van der Waals surface area (Å²) in [5.74, 6) is 0.367. The molecule has 0 amide bonds. The first-order chi connectivity index (χ1) is 5.75. The van der Waals surface area contributed by atoms with Crippen molar-refractivity contribution in [2.45, 2.75) is 13.3 Å². The minimum absolute atomic E-state index is 0.367. The second kappa shape index (κ2) is 4.39. The maximum Gasteiger partial charge on any atom is 0.149 e. The number of halogens is 1. The molecule has 12 heavy (non-hydrogen) atoms. The fourth-order valence-electron chi connectivity index (χ4n) is 0.869. The normalized spacial score (nSPS) is 18.3. The van der Waals surface area contributed by atoms with Crippen LogP contribution in [0.4, 0.5) is 0 Å². The van der Waals surface area contributed by atoms with E-state index in [-0.39, 0.29) is 0 Å². The van der Waals surface area contributed by atoms with Crippen molar-refractivity contribution in [3.63, 3.8) is 0 Å². The molecular formula is C8H10IN3. The molecule has 0 bridgehead atoms. The molecule has 0 fully saturated rings. The molecule has 0 saturated heterocycles. The molecule has 0 aromatic carbocycles. The van der Waals surface area contributed by atoms with Crippen LogP contribution in [0.5, 0.6) is 0 Å². The van der Waals surface area contributed by atoms with Crippen molar-refractivity contribution < 1.29 is 0 Å². The van der Waals surface area contributed by atoms with Gasteiger partial charge in [-0.25, -0.2) is 0 Å². The van der Waals surface area contributed by atoms with E-state index >= 15 is 0 Å². The molecule has 0 aromatic heterocycles. The topological polar surface area (TPSA) is 48.2 Å². The van der Waals surface area contributed by atoms with Gasteiger partial charge in [0.1, 0.15) is 11.5 Å². The molecule has 2 N–H and O–H groups in total. The zero-order valence-electron chi connectivity index (χ0n) is 6.76. The predicted octanol–water partition coefficient (Wildman–Crippen LogP) is 2.21. The Morgan fingerprint density at radius 3 is 3.17 bits per heavy atom. The first-order valence-corrected chi connectivity index (χ1v) is 4.71. The Balaban J connectivity index is 2.98. The van der Waals surface area contributed by atoms with Crippen LogP contribution in [0.15, 0.2) is 26.5 Å². The van der Waals surface area contributed by atoms with Crippen molar-refractivity contribution in [2.24, 2.45) is 4.99 Å². The monoisotopic (exact) mass is 275 g/mol. The lowest BCUT2D eigenvalue weighted by Crippen LogP contribution is -2.16. The van der Waals surface area contributed by atoms with Gasteiger partial charge in [0.2, 0.25) is 0 Å². The minimum atomic E-state index is 0.367. The van der Waals surface area contributed by atoms with E-state index in [9.17, 15) is 0 Å². The zero-order chi connectivity index (χ0) is 8.97. The minimum Gasteiger partial charge on any atom is -0.346 e. The van der Waals surface area contributed by atoms with Crippen LogP contribution in [0.1, 0.15) is 13.3 Å². The van der Waals surface area contributed by atoms with Gasteiger partial charge >= 0.3 is 0 Å². The van der Waals surface area contributed by atoms with Crippen LogP contribution in [0, 0.1) is 5.41 Å². The highest BCUT2D eigenvalue weighted by atomic mass is 127. The van der Waals surface area contributed by atoms with Gasteiger partial charge < -0.3 is 5.32 Å². The zero-order valence-corrected chi connectivity index (χ0v) is 8.92. The third-order valence-corrected chi connectivity index (χ3v) is 2.35. The van der Waals surface area contributed by atoms with Crippen LogP contribution < -0.4 is 5.32 Å². The molecule has 1 heterocycles. The van der Waals surface area contributed by atoms with Crippen molar-refractivity contribution in [1.29, 1.82) is 5.41 Å². The number of nitrogens with one attached hydrogen (secondary N) is 2. The van der Waals surface area contributed by atoms with E-state index in [2.05, 4.69) is 32.9 Å². The van der Waals surface area contributed by atoms with E-state index in [4.69, 9.17) is 5.41 Å². The van der Waals surface area contributed by atoms with Crippen LogP contribution in [0.3, 0.4) is 0 Å². The first-order valence-electron chi connectivity index (χ1n) is 3.63. The molecule has 1 aliphatic heterocycles. The van der Waals surface area contributed by atoms with Crippen molar-refractivity contribution >= 4 is 34.6 Å². The van der Waals surface area contributed by atoms with Crippen LogP contribution in [-0.4, -0.2) is 12.1 Å². The quantitative estimate of drug-likeness (QED) is 0.559. The molecule has 0 unspecified atom stereocenters. The van der Waals surface area contributed by atoms with E-state index in [1.807, 2.05) is 13.0 Å². The maximum atomic E-state index is 7.58. The van der Waals surface area contributed by atoms with E-state index in [1.165, 1.54) is 0 Å². The summed E-state index contributed by atoms with van der Waals surface area (Å²) in [6.07, 6.45) is 6.31. The van der Waals surface area contributed by atoms with Crippen molar-refractivity contribution in [1.82, 2.24) is 5.32 Å². The lowest BCUT2D eigenvalue weighted by atomic mass is 10.3. The van der Waals surface area contributed by atoms with Crippen LogP contribution in [-0.2, 0) is 0 Å². The summed E-state index contributed by atoms with van der Waals surface area (Å²) in [5, 5.41) is 10.4. The molecule has 3 nitrogen and oxygen atoms in total. The van der Waals surface area contributed by atoms with Gasteiger partial charge in [-0.2, -0.15) is 0 Å². The fraction of sp³-hybridized carbons (Fsp3) is 0.250. The Labute approximate surface area is 85.3 Å². The Kier molecular flexibility index (Phi) is 3.46. The number of nitrogens with zero attached hydrogens (tertiary/aromatic N) is 1. The molecule has 0 aliphatic carbocycles. The molecule has 1 rings (SSSR count). The van der Waals surface area contributed by atoms with Gasteiger partial charge in [-0.15, -0.1) is 0 Å². The maximum absolute atomic E-state index is 7.58. The second-order valence-electron chi connectivity index (χ2n) is 2.27. The summed E-state index contributed by atoms with van der Waals surface area (Å²) in [5.41, 5.74) is 0.739. The van der Waals surface area contributed by atoms with Crippen LogP contribution in [0.25, 0.3) is 0 Å². The van der Waals surface area contributed by atoms with Crippen molar-refractivity contribution in [3.8, 4) is 0 Å². The van der Waals surface area contributed by atoms with E-state index in [1.54, 1.807) is 12.4 Å². The van der Waals surface area contributed by atoms with E-state index in [0.29, 0.717) is 5.84 Å². The number of allylic oxidation sites excluding steroid dienone is 2. The highest BCUT2D eigenvalue weighted by Crippen LogP contribution is 2.20. The van der Waals surface area contributed by atoms with Gasteiger partial charge in [0, 0.05) is 16.2 Å². The van der Waals surface area contributed by atoms with Crippen LogP contribution >= 0.6 is 22.6 Å². The molecule has 1 aliphatic rings. The molecule has 4 heteroatoms. The van der Waals surface area contributed by atoms with Crippen molar-refractivity contribution in [3.05, 3.63) is 21.6 Å². The summed E-state index contributed by atoms with van der Waals surface area (Å²) in [4.78, 5) is 4.13. The van der Waals surface area contributed by atoms with Gasteiger partial charge in [-0.3, -0.25) is 10.4 Å². The standard InChI is InChI=1S/C8H10IN3/c1-2-11-7-6(9)4-3-5-12-8(7)10/h2-3,5H,4H2,1H3,(H2,10,12). The lowest BCUT2D eigenvalue weighted by molar-refractivity contribution is 1.20. The smallest absolute Gasteiger partial charge is 0.149 e. The Hall–Kier alpha value is -0.650. The Bertz CT molecular complexity index is 276. The van der Waals surface area contributed by atoms with Gasteiger partial charge in [-0.05, 0) is 35.7 Å². The molecule has 64 valence electrons. The molecule has 0 spiro atoms. The summed E-state index contributed by atoms with van der Waals surface area (Å²) in [7, 11) is 0. The first kappa shape index (κ1) is 9.44. The number of hydrogen-bond acceptors (Lipinski definition) is 2. The molecule has 0 saturated carbocycles. The molecular weight excluding hydrogens is 265 g/mol. The number of rotatable bonds is 1. The summed E-state index contributed by atoms with van der Waals surface area (Å²) >= 11 is 2.22. The number of aliphatic imine (C=N–C) groups is 1. The molecule has 0 radical (unpaired) electrons. The predicted molar refractivity (Wildman–Crippen MR) is 59.8 cm³/mol. The number of amidine groups is 1. The average molecular weight is 275 g/mol. The van der Waals surface area contributed by atoms with E-state index in [0.717, 1.165) is 15.7 Å². The molecule has 0 atom stereocenters. The van der Waals surface area contributed by atoms with Gasteiger partial charge in [-0.1, -0.05) is 6.08 Å². The second-order valence-corrected chi connectivity index (χ2v) is 3.57. The number of hydrogen-bond donors (Lipinski definition) is 2. The van der Waals surface area contributed by atoms with Gasteiger partial charge in [0.05, 0.1) is 0 Å². The third kappa shape index (κ3) is 2.17. The van der Waals surface area contributed by atoms with Gasteiger partial charge in [0.15, 0.2) is 0 Å². The summed E-state index contributed by atoms with van der Waals surface area (Å²) in [6, 6.07) is 0. The van der Waals surface area contributed by atoms with Crippen LogP contribution in [0.2, 0.25) is 0 Å². The average Bonchev–Trinajstić information content (AvgIpc) is 2.19. The Morgan fingerprint density at radius 2 is 2.50 bits per heavy atom.